The van der Waals surface area contributed by atoms with Crippen LogP contribution >= 0.6 is 0 Å². The molecule has 1 aromatic heterocycles. The number of rotatable bonds is 4. The zero-order valence-electron chi connectivity index (χ0n) is 12.1. The Balaban J connectivity index is 2.38. The summed E-state index contributed by atoms with van der Waals surface area (Å²) < 4.78 is 82.3. The van der Waals surface area contributed by atoms with Gasteiger partial charge >= 0.3 is 12.1 Å². The minimum Gasteiger partial charge on any atom is -0.497 e. The number of benzene rings is 1. The molecule has 24 heavy (non-hydrogen) atoms. The lowest BCUT2D eigenvalue weighted by Gasteiger charge is -2.19. The maximum absolute atomic E-state index is 13.7. The molecule has 0 saturated heterocycles. The standard InChI is InChI=1S/C14H10F6N2O2/c1-24-9-4-2-8(3-5-9)6-22-7-21-11(10(15)12(22)23)13(16,17)14(18,19)20/h2-5,7H,6H2,1H3. The largest absolute Gasteiger partial charge is 0.497 e. The average Bonchev–Trinajstić information content (AvgIpc) is 2.51. The highest BCUT2D eigenvalue weighted by atomic mass is 19.4. The Morgan fingerprint density at radius 3 is 2.21 bits per heavy atom. The minimum absolute atomic E-state index is 0.259. The summed E-state index contributed by atoms with van der Waals surface area (Å²) in [4.78, 5) is 14.5. The monoisotopic (exact) mass is 352 g/mol. The number of hydrogen-bond acceptors (Lipinski definition) is 3. The zero-order chi connectivity index (χ0) is 18.1. The van der Waals surface area contributed by atoms with Gasteiger partial charge in [-0.3, -0.25) is 9.36 Å². The van der Waals surface area contributed by atoms with Crippen LogP contribution in [0.15, 0.2) is 35.4 Å². The minimum atomic E-state index is -6.06. The molecule has 0 N–H and O–H groups in total. The van der Waals surface area contributed by atoms with Gasteiger partial charge in [0.15, 0.2) is 5.69 Å². The molecule has 0 bridgehead atoms. The van der Waals surface area contributed by atoms with Crippen LogP contribution in [0, 0.1) is 5.82 Å². The van der Waals surface area contributed by atoms with Crippen molar-refractivity contribution < 1.29 is 31.1 Å². The Kier molecular flexibility index (Phi) is 4.59. The van der Waals surface area contributed by atoms with Gasteiger partial charge in [-0.15, -0.1) is 0 Å². The van der Waals surface area contributed by atoms with E-state index in [0.717, 1.165) is 0 Å². The van der Waals surface area contributed by atoms with Crippen LogP contribution in [0.5, 0.6) is 5.75 Å². The van der Waals surface area contributed by atoms with E-state index in [1.165, 1.54) is 31.4 Å². The van der Waals surface area contributed by atoms with E-state index in [1.807, 2.05) is 0 Å². The molecule has 0 fully saturated rings. The highest BCUT2D eigenvalue weighted by Gasteiger charge is 2.61. The van der Waals surface area contributed by atoms with Crippen molar-refractivity contribution >= 4 is 0 Å². The quantitative estimate of drug-likeness (QED) is 0.795. The van der Waals surface area contributed by atoms with Gasteiger partial charge in [0.05, 0.1) is 20.0 Å². The van der Waals surface area contributed by atoms with Gasteiger partial charge in [0.25, 0.3) is 5.56 Å². The number of alkyl halides is 5. The van der Waals surface area contributed by atoms with Crippen LogP contribution in [-0.4, -0.2) is 22.8 Å². The molecule has 0 atom stereocenters. The van der Waals surface area contributed by atoms with Gasteiger partial charge in [-0.25, -0.2) is 4.98 Å². The van der Waals surface area contributed by atoms with Crippen LogP contribution in [0.1, 0.15) is 11.3 Å². The predicted octanol–water partition coefficient (Wildman–Crippen LogP) is 3.09. The lowest BCUT2D eigenvalue weighted by atomic mass is 10.2. The van der Waals surface area contributed by atoms with Gasteiger partial charge in [0, 0.05) is 0 Å². The van der Waals surface area contributed by atoms with Crippen molar-refractivity contribution in [1.29, 1.82) is 0 Å². The van der Waals surface area contributed by atoms with Gasteiger partial charge in [0.2, 0.25) is 5.82 Å². The fourth-order valence-corrected chi connectivity index (χ4v) is 1.86. The summed E-state index contributed by atoms with van der Waals surface area (Å²) in [6.45, 7) is -0.259. The van der Waals surface area contributed by atoms with Crippen molar-refractivity contribution in [2.75, 3.05) is 7.11 Å². The third-order valence-corrected chi connectivity index (χ3v) is 3.15. The Labute approximate surface area is 131 Å². The van der Waals surface area contributed by atoms with Gasteiger partial charge < -0.3 is 4.74 Å². The number of aromatic nitrogens is 2. The molecule has 0 aliphatic rings. The van der Waals surface area contributed by atoms with E-state index in [9.17, 15) is 31.1 Å². The van der Waals surface area contributed by atoms with E-state index >= 15 is 0 Å². The first-order valence-corrected chi connectivity index (χ1v) is 6.41. The van der Waals surface area contributed by atoms with Gasteiger partial charge in [-0.1, -0.05) is 12.1 Å². The molecule has 0 aliphatic heterocycles. The van der Waals surface area contributed by atoms with Crippen molar-refractivity contribution in [3.8, 4) is 5.75 Å². The van der Waals surface area contributed by atoms with E-state index in [1.54, 1.807) is 0 Å². The molecule has 0 spiro atoms. The van der Waals surface area contributed by atoms with Crippen molar-refractivity contribution in [2.24, 2.45) is 0 Å². The highest BCUT2D eigenvalue weighted by Crippen LogP contribution is 2.43. The fourth-order valence-electron chi connectivity index (χ4n) is 1.86. The molecule has 0 unspecified atom stereocenters. The van der Waals surface area contributed by atoms with Gasteiger partial charge in [-0.05, 0) is 17.7 Å². The Hall–Kier alpha value is -2.52. The number of methoxy groups -OCH3 is 1. The molecule has 10 heteroatoms. The van der Waals surface area contributed by atoms with Gasteiger partial charge in [-0.2, -0.15) is 26.3 Å². The van der Waals surface area contributed by atoms with Crippen molar-refractivity contribution in [3.63, 3.8) is 0 Å². The van der Waals surface area contributed by atoms with Crippen LogP contribution in [0.2, 0.25) is 0 Å². The van der Waals surface area contributed by atoms with E-state index in [-0.39, 0.29) is 6.54 Å². The third-order valence-electron chi connectivity index (χ3n) is 3.15. The second kappa shape index (κ2) is 6.17. The normalized spacial score (nSPS) is 12.3. The van der Waals surface area contributed by atoms with Crippen LogP contribution < -0.4 is 10.3 Å². The van der Waals surface area contributed by atoms with Crippen LogP contribution in [-0.2, 0) is 12.5 Å². The summed E-state index contributed by atoms with van der Waals surface area (Å²) in [5.41, 5.74) is -3.40. The topological polar surface area (TPSA) is 44.1 Å². The maximum Gasteiger partial charge on any atom is 0.459 e. The van der Waals surface area contributed by atoms with Gasteiger partial charge in [0.1, 0.15) is 5.75 Å². The Morgan fingerprint density at radius 2 is 1.71 bits per heavy atom. The first-order chi connectivity index (χ1) is 11.1. The summed E-state index contributed by atoms with van der Waals surface area (Å²) in [7, 11) is 1.43. The SMILES string of the molecule is COc1ccc(Cn2cnc(C(F)(F)C(F)(F)F)c(F)c2=O)cc1. The third kappa shape index (κ3) is 3.22. The van der Waals surface area contributed by atoms with Crippen molar-refractivity contribution in [3.05, 3.63) is 58.0 Å². The predicted molar refractivity (Wildman–Crippen MR) is 70.5 cm³/mol. The van der Waals surface area contributed by atoms with E-state index < -0.39 is 29.2 Å². The summed E-state index contributed by atoms with van der Waals surface area (Å²) in [6.07, 6.45) is -5.61. The molecule has 1 aromatic carbocycles. The molecule has 0 saturated carbocycles. The van der Waals surface area contributed by atoms with Crippen molar-refractivity contribution in [1.82, 2.24) is 9.55 Å². The smallest absolute Gasteiger partial charge is 0.459 e. The summed E-state index contributed by atoms with van der Waals surface area (Å²) >= 11 is 0. The van der Waals surface area contributed by atoms with Crippen LogP contribution in [0.25, 0.3) is 0 Å². The molecule has 1 heterocycles. The molecule has 0 aliphatic carbocycles. The van der Waals surface area contributed by atoms with E-state index in [0.29, 0.717) is 22.2 Å². The summed E-state index contributed by atoms with van der Waals surface area (Å²) in [5, 5.41) is 0. The van der Waals surface area contributed by atoms with E-state index in [4.69, 9.17) is 4.74 Å². The van der Waals surface area contributed by atoms with Crippen LogP contribution in [0.3, 0.4) is 0 Å². The molecule has 2 aromatic rings. The number of ether oxygens (including phenoxy) is 1. The number of nitrogens with zero attached hydrogens (tertiary/aromatic N) is 2. The lowest BCUT2D eigenvalue weighted by molar-refractivity contribution is -0.292. The summed E-state index contributed by atoms with van der Waals surface area (Å²) in [5.74, 6) is -7.29. The average molecular weight is 352 g/mol. The van der Waals surface area contributed by atoms with E-state index in [2.05, 4.69) is 4.98 Å². The van der Waals surface area contributed by atoms with Crippen LogP contribution in [0.4, 0.5) is 26.3 Å². The lowest BCUT2D eigenvalue weighted by Crippen LogP contribution is -2.39. The number of hydrogen-bond donors (Lipinski definition) is 0. The Bertz CT molecular complexity index is 783. The first-order valence-electron chi connectivity index (χ1n) is 6.41. The molecule has 0 radical (unpaired) electrons. The first kappa shape index (κ1) is 17.8. The molecular weight excluding hydrogens is 342 g/mol. The maximum atomic E-state index is 13.7. The molecule has 2 rings (SSSR count). The molecule has 0 amide bonds. The molecule has 4 nitrogen and oxygen atoms in total. The Morgan fingerprint density at radius 1 is 1.12 bits per heavy atom. The zero-order valence-corrected chi connectivity index (χ0v) is 12.1. The molecule has 130 valence electrons. The van der Waals surface area contributed by atoms with Crippen molar-refractivity contribution in [2.45, 2.75) is 18.6 Å². The molecular formula is C14H10F6N2O2. The number of halogens is 6. The summed E-state index contributed by atoms with van der Waals surface area (Å²) in [6, 6.07) is 6.11. The second-order valence-electron chi connectivity index (χ2n) is 4.76. The fraction of sp³-hybridized carbons (Fsp3) is 0.286. The highest BCUT2D eigenvalue weighted by molar-refractivity contribution is 5.27. The second-order valence-corrected chi connectivity index (χ2v) is 4.76.